The summed E-state index contributed by atoms with van der Waals surface area (Å²) < 4.78 is 0. The molecule has 1 heterocycles. The summed E-state index contributed by atoms with van der Waals surface area (Å²) >= 11 is 0. The molecule has 148 valence electrons. The molecule has 0 fully saturated rings. The van der Waals surface area contributed by atoms with Crippen LogP contribution in [0.4, 0.5) is 0 Å². The van der Waals surface area contributed by atoms with E-state index in [0.29, 0.717) is 30.9 Å². The van der Waals surface area contributed by atoms with Crippen molar-refractivity contribution in [2.75, 3.05) is 19.6 Å². The number of rotatable bonds is 2. The Balaban J connectivity index is 0.00000625. The molecule has 0 saturated carbocycles. The number of nitrogens with zero attached hydrogens (tertiary/aromatic N) is 6. The summed E-state index contributed by atoms with van der Waals surface area (Å²) in [6.07, 6.45) is 3.06. The predicted octanol–water partition coefficient (Wildman–Crippen LogP) is 1.52. The van der Waals surface area contributed by atoms with Crippen LogP contribution in [0.15, 0.2) is 20.0 Å². The smallest absolute Gasteiger partial charge is 0.284 e. The molecule has 0 aromatic carbocycles. The van der Waals surface area contributed by atoms with Gasteiger partial charge in [0.2, 0.25) is 0 Å². The van der Waals surface area contributed by atoms with Crippen LogP contribution in [0, 0.1) is 20.2 Å². The van der Waals surface area contributed by atoms with Crippen molar-refractivity contribution in [1.29, 1.82) is 0 Å². The molecule has 0 spiro atoms. The Morgan fingerprint density at radius 2 is 1.46 bits per heavy atom. The second-order valence-electron chi connectivity index (χ2n) is 6.44. The molecule has 11 heteroatoms. The first-order chi connectivity index (χ1) is 11.6. The average molecular weight is 411 g/mol. The van der Waals surface area contributed by atoms with Gasteiger partial charge in [-0.2, -0.15) is 0 Å². The molecule has 0 radical (unpaired) electrons. The maximum atomic E-state index is 11.2. The normalized spacial score (nSPS) is 24.3. The summed E-state index contributed by atoms with van der Waals surface area (Å²) in [7, 11) is 0. The molecule has 0 aromatic heterocycles. The van der Waals surface area contributed by atoms with E-state index in [0.717, 1.165) is 0 Å². The molecule has 0 aliphatic carbocycles. The van der Waals surface area contributed by atoms with Gasteiger partial charge in [-0.15, -0.1) is 0 Å². The second kappa shape index (κ2) is 10.9. The zero-order valence-electron chi connectivity index (χ0n) is 15.3. The topological polar surface area (TPSA) is 136 Å². The minimum Gasteiger partial charge on any atom is -0.287 e. The third-order valence-corrected chi connectivity index (χ3v) is 3.64. The van der Waals surface area contributed by atoms with Gasteiger partial charge >= 0.3 is 0 Å². The average Bonchev–Trinajstić information content (AvgIpc) is 2.49. The van der Waals surface area contributed by atoms with Gasteiger partial charge in [-0.3, -0.25) is 40.2 Å². The maximum absolute atomic E-state index is 11.2. The van der Waals surface area contributed by atoms with E-state index in [1.54, 1.807) is 27.7 Å². The van der Waals surface area contributed by atoms with Crippen molar-refractivity contribution in [3.05, 3.63) is 20.2 Å². The van der Waals surface area contributed by atoms with Crippen molar-refractivity contribution in [2.24, 2.45) is 20.0 Å². The van der Waals surface area contributed by atoms with Gasteiger partial charge in [-0.25, -0.2) is 0 Å². The molecular formula is C15H24N6NiO4. The van der Waals surface area contributed by atoms with Crippen LogP contribution >= 0.6 is 0 Å². The zero-order valence-corrected chi connectivity index (χ0v) is 16.3. The Bertz CT molecular complexity index is 630. The van der Waals surface area contributed by atoms with E-state index in [9.17, 15) is 20.2 Å². The first kappa shape index (κ1) is 24.0. The predicted molar refractivity (Wildman–Crippen MR) is 98.1 cm³/mol. The Morgan fingerprint density at radius 1 is 1.00 bits per heavy atom. The largest absolute Gasteiger partial charge is 0.287 e. The number of aliphatic imine (C=N–C) groups is 4. The number of nitro groups is 2. The summed E-state index contributed by atoms with van der Waals surface area (Å²) in [5, 5.41) is 22.4. The summed E-state index contributed by atoms with van der Waals surface area (Å²) in [6.45, 7) is 7.60. The van der Waals surface area contributed by atoms with Crippen LogP contribution in [0.1, 0.15) is 34.1 Å². The van der Waals surface area contributed by atoms with Gasteiger partial charge in [0.15, 0.2) is 0 Å². The van der Waals surface area contributed by atoms with E-state index in [4.69, 9.17) is 0 Å². The van der Waals surface area contributed by atoms with Gasteiger partial charge in [0.1, 0.15) is 0 Å². The van der Waals surface area contributed by atoms with Crippen LogP contribution in [0.5, 0.6) is 0 Å². The molecule has 1 aliphatic heterocycles. The first-order valence-corrected chi connectivity index (χ1v) is 7.98. The van der Waals surface area contributed by atoms with Gasteiger partial charge in [0.05, 0.1) is 35.9 Å². The summed E-state index contributed by atoms with van der Waals surface area (Å²) in [5.41, 5.74) is 0.0119. The standard InChI is InChI=1S/C15H24N6O4.Ni/c1-11-13(20(22)23)8-16-10-15(3,4)19-9-14(21(24)25)12(2)18-7-5-6-17-11;/h8-9,13-14H,5-7,10H2,1-4H3;. The van der Waals surface area contributed by atoms with E-state index in [1.807, 2.05) is 0 Å². The molecule has 0 bridgehead atoms. The minimum absolute atomic E-state index is 0. The van der Waals surface area contributed by atoms with Gasteiger partial charge in [0.25, 0.3) is 12.1 Å². The van der Waals surface area contributed by atoms with Crippen molar-refractivity contribution in [3.8, 4) is 0 Å². The molecule has 1 aliphatic rings. The van der Waals surface area contributed by atoms with Crippen molar-refractivity contribution >= 4 is 23.9 Å². The van der Waals surface area contributed by atoms with Crippen LogP contribution in [0.2, 0.25) is 0 Å². The van der Waals surface area contributed by atoms with Crippen molar-refractivity contribution in [1.82, 2.24) is 0 Å². The molecule has 1 rings (SSSR count). The van der Waals surface area contributed by atoms with Crippen LogP contribution in [-0.2, 0) is 16.5 Å². The Morgan fingerprint density at radius 3 is 1.92 bits per heavy atom. The van der Waals surface area contributed by atoms with Crippen LogP contribution in [0.3, 0.4) is 0 Å². The molecule has 0 saturated heterocycles. The summed E-state index contributed by atoms with van der Waals surface area (Å²) in [5.74, 6) is 0. The molecule has 0 N–H and O–H groups in total. The van der Waals surface area contributed by atoms with Crippen molar-refractivity contribution < 1.29 is 26.3 Å². The second-order valence-corrected chi connectivity index (χ2v) is 6.44. The van der Waals surface area contributed by atoms with Crippen LogP contribution < -0.4 is 0 Å². The SMILES string of the molecule is CC1=NCCCN=C(C)C([N+](=O)[O-])C=NC(C)(C)CN=CC1[N+](=O)[O-].[Ni]. The first-order valence-electron chi connectivity index (χ1n) is 7.98. The fraction of sp³-hybridized carbons (Fsp3) is 0.733. The van der Waals surface area contributed by atoms with Crippen LogP contribution in [0.25, 0.3) is 0 Å². The monoisotopic (exact) mass is 410 g/mol. The number of hydrogen-bond acceptors (Lipinski definition) is 8. The van der Waals surface area contributed by atoms with E-state index in [1.165, 1.54) is 12.4 Å². The molecule has 0 amide bonds. The molecule has 10 nitrogen and oxygen atoms in total. The quantitative estimate of drug-likeness (QED) is 0.387. The molecule has 2 atom stereocenters. The third-order valence-electron chi connectivity index (χ3n) is 3.64. The minimum atomic E-state index is -1.09. The van der Waals surface area contributed by atoms with E-state index in [-0.39, 0.29) is 23.0 Å². The van der Waals surface area contributed by atoms with Crippen molar-refractivity contribution in [2.45, 2.75) is 51.7 Å². The number of hydrogen-bond donors (Lipinski definition) is 0. The summed E-state index contributed by atoms with van der Waals surface area (Å²) in [6, 6.07) is -2.17. The Kier molecular flexibility index (Phi) is 10.0. The third kappa shape index (κ3) is 7.90. The maximum Gasteiger partial charge on any atom is 0.284 e. The van der Waals surface area contributed by atoms with Crippen molar-refractivity contribution in [3.63, 3.8) is 0 Å². The molecular weight excluding hydrogens is 387 g/mol. The summed E-state index contributed by atoms with van der Waals surface area (Å²) in [4.78, 5) is 38.3. The van der Waals surface area contributed by atoms with Gasteiger partial charge in [-0.05, 0) is 34.1 Å². The zero-order chi connectivity index (χ0) is 19.0. The Labute approximate surface area is 162 Å². The molecule has 0 aromatic rings. The van der Waals surface area contributed by atoms with Gasteiger partial charge in [-0.1, -0.05) is 0 Å². The van der Waals surface area contributed by atoms with E-state index >= 15 is 0 Å². The van der Waals surface area contributed by atoms with Gasteiger partial charge < -0.3 is 0 Å². The molecule has 2 unspecified atom stereocenters. The van der Waals surface area contributed by atoms with E-state index < -0.39 is 27.5 Å². The van der Waals surface area contributed by atoms with Gasteiger partial charge in [0, 0.05) is 39.4 Å². The van der Waals surface area contributed by atoms with Crippen LogP contribution in [-0.4, -0.2) is 71.0 Å². The van der Waals surface area contributed by atoms with E-state index in [2.05, 4.69) is 20.0 Å². The molecule has 26 heavy (non-hydrogen) atoms. The fourth-order valence-electron chi connectivity index (χ4n) is 2.09. The Hall–Kier alpha value is -2.03. The fourth-order valence-corrected chi connectivity index (χ4v) is 2.09.